The summed E-state index contributed by atoms with van der Waals surface area (Å²) in [6.45, 7) is 32.5. The minimum Gasteiger partial charge on any atom is -0.422 e. The highest BCUT2D eigenvalue weighted by Crippen LogP contribution is 2.38. The predicted molar refractivity (Wildman–Crippen MR) is 227 cm³/mol. The van der Waals surface area contributed by atoms with Gasteiger partial charge in [-0.1, -0.05) is 12.1 Å². The van der Waals surface area contributed by atoms with E-state index in [-0.39, 0.29) is 40.9 Å². The van der Waals surface area contributed by atoms with Crippen LogP contribution in [0.4, 0.5) is 0 Å². The number of carbonyl (C=O) groups is 6. The maximum atomic E-state index is 14.8. The Bertz CT molecular complexity index is 1850. The third-order valence-electron chi connectivity index (χ3n) is 8.23. The fourth-order valence-electron chi connectivity index (χ4n) is 4.46. The number of esters is 4. The Labute approximate surface area is 379 Å². The summed E-state index contributed by atoms with van der Waals surface area (Å²) >= 11 is 0. The average Bonchev–Trinajstić information content (AvgIpc) is 3.10. The van der Waals surface area contributed by atoms with E-state index in [9.17, 15) is 42.7 Å². The summed E-state index contributed by atoms with van der Waals surface area (Å²) in [6.07, 6.45) is 0. The summed E-state index contributed by atoms with van der Waals surface area (Å²) in [6, 6.07) is 7.15. The highest BCUT2D eigenvalue weighted by Gasteiger charge is 2.36. The number of benzene rings is 2. The predicted octanol–water partition coefficient (Wildman–Crippen LogP) is 5.24. The van der Waals surface area contributed by atoms with Crippen molar-refractivity contribution >= 4 is 35.6 Å². The van der Waals surface area contributed by atoms with Crippen LogP contribution in [0.25, 0.3) is 0 Å². The lowest BCUT2D eigenvalue weighted by atomic mass is 9.91. The molecule has 2 unspecified atom stereocenters. The van der Waals surface area contributed by atoms with E-state index in [0.717, 1.165) is 0 Å². The van der Waals surface area contributed by atoms with E-state index in [0.29, 0.717) is 11.1 Å². The Kier molecular flexibility index (Phi) is 19.9. The van der Waals surface area contributed by atoms with Gasteiger partial charge in [-0.05, 0) is 167 Å². The minimum atomic E-state index is -4.71. The number of halogens is 1. The number of hydrogen-bond donors (Lipinski definition) is 2. The van der Waals surface area contributed by atoms with E-state index in [1.54, 1.807) is 95.2 Å². The molecule has 0 aliphatic rings. The molecule has 2 atom stereocenters. The zero-order valence-corrected chi connectivity index (χ0v) is 41.5. The van der Waals surface area contributed by atoms with Crippen molar-refractivity contribution in [2.75, 3.05) is 0 Å². The maximum Gasteiger partial charge on any atom is 0.363 e. The molecule has 2 N–H and O–H groups in total. The molecule has 0 spiro atoms. The molecule has 0 aliphatic heterocycles. The van der Waals surface area contributed by atoms with E-state index in [4.69, 9.17) is 18.9 Å². The third kappa shape index (κ3) is 19.3. The first-order valence-corrected chi connectivity index (χ1v) is 21.9. The Hall–Kier alpha value is -4.49. The summed E-state index contributed by atoms with van der Waals surface area (Å²) in [5, 5.41) is 6.69. The van der Waals surface area contributed by atoms with Crippen LogP contribution < -0.4 is 43.6 Å². The first-order valence-electron chi connectivity index (χ1n) is 20.7. The Morgan fingerprint density at radius 3 is 0.953 bits per heavy atom. The van der Waals surface area contributed by atoms with Gasteiger partial charge in [0, 0.05) is 12.1 Å². The van der Waals surface area contributed by atoms with E-state index in [1.165, 1.54) is 45.0 Å². The second-order valence-corrected chi connectivity index (χ2v) is 21.8. The Morgan fingerprint density at radius 2 is 0.719 bits per heavy atom. The first-order chi connectivity index (χ1) is 28.6. The van der Waals surface area contributed by atoms with Crippen molar-refractivity contribution in [1.29, 1.82) is 0 Å². The van der Waals surface area contributed by atoms with Crippen LogP contribution in [0.1, 0.15) is 155 Å². The van der Waals surface area contributed by atoms with Gasteiger partial charge in [0.2, 0.25) is 0 Å². The minimum absolute atomic E-state index is 0.00635. The van der Waals surface area contributed by atoms with Crippen LogP contribution in [-0.4, -0.2) is 47.7 Å². The normalized spacial score (nSPS) is 13.6. The number of hydrogen-bond acceptors (Lipinski definition) is 17. The van der Waals surface area contributed by atoms with E-state index < -0.39 is 79.2 Å². The van der Waals surface area contributed by atoms with Crippen molar-refractivity contribution in [1.82, 2.24) is 10.6 Å². The van der Waals surface area contributed by atoms with Crippen LogP contribution in [-0.2, 0) is 38.1 Å². The van der Waals surface area contributed by atoms with Gasteiger partial charge in [-0.3, -0.25) is 24.0 Å². The van der Waals surface area contributed by atoms with Crippen molar-refractivity contribution in [3.8, 4) is 23.0 Å². The van der Waals surface area contributed by atoms with Crippen LogP contribution in [0, 0.1) is 37.3 Å². The van der Waals surface area contributed by atoms with Gasteiger partial charge in [0.15, 0.2) is 28.8 Å². The molecule has 0 bridgehead atoms. The SMILES string of the molecule is CC(C)(C)C(=O)OO[Cl+3]([O-])([O-])[O-].CC(C)NC(C(=O)C(NC(C)C)c1ccc(OC(=O)C(C)(C)C)c(OC(=O)C(C)(C)C)c1)c1ccc(OC(=O)C(C)(C)C)c(OC(=O)C(C)(C)C)c1. The first kappa shape index (κ1) is 57.5. The lowest BCUT2D eigenvalue weighted by Crippen LogP contribution is -2.61. The standard InChI is InChI=1S/C41H60N2O9.C5H9ClO6/c1-23(2)42-31(25-17-19-27(49-34(45)38(5,6)7)29(21-25)51-36(47)40(11,12)13)33(44)32(43-24(3)4)26-18-20-28(50-35(46)39(8,9)10)30(22-26)52-37(48)41(14,15)16;1-5(2,3)4(7)11-12-6(8,9)10/h17-24,31-32,42-43H,1-16H3;1-3H3. The lowest BCUT2D eigenvalue weighted by molar-refractivity contribution is -1.93. The van der Waals surface area contributed by atoms with Gasteiger partial charge < -0.3 is 29.6 Å². The molecule has 18 heteroatoms. The molecule has 64 heavy (non-hydrogen) atoms. The van der Waals surface area contributed by atoms with Crippen LogP contribution in [0.5, 0.6) is 23.0 Å². The molecular weight excluding hydrogens is 856 g/mol. The van der Waals surface area contributed by atoms with Gasteiger partial charge in [0.1, 0.15) is 10.2 Å². The van der Waals surface area contributed by atoms with Gasteiger partial charge in [-0.15, -0.1) is 0 Å². The number of carbonyl (C=O) groups excluding carboxylic acids is 6. The summed E-state index contributed by atoms with van der Waals surface area (Å²) < 4.78 is 55.6. The monoisotopic (exact) mass is 924 g/mol. The highest BCUT2D eigenvalue weighted by atomic mass is 35.7. The molecule has 0 aliphatic carbocycles. The average molecular weight is 926 g/mol. The topological polar surface area (TPSA) is 251 Å². The molecule has 2 aromatic rings. The van der Waals surface area contributed by atoms with Gasteiger partial charge in [0.25, 0.3) is 0 Å². The van der Waals surface area contributed by atoms with Crippen molar-refractivity contribution in [2.24, 2.45) is 27.1 Å². The van der Waals surface area contributed by atoms with Gasteiger partial charge in [-0.2, -0.15) is 18.9 Å². The molecule has 0 heterocycles. The quantitative estimate of drug-likeness (QED) is 0.106. The Morgan fingerprint density at radius 1 is 0.453 bits per heavy atom. The zero-order valence-electron chi connectivity index (χ0n) is 40.8. The van der Waals surface area contributed by atoms with Gasteiger partial charge >= 0.3 is 34.3 Å². The van der Waals surface area contributed by atoms with Crippen molar-refractivity contribution in [3.05, 3.63) is 47.5 Å². The molecular formula is C46H69ClN2O15. The molecule has 0 aromatic heterocycles. The number of Topliss-reactive ketones (excluding diaryl/α,β-unsaturated/α-hetero) is 1. The fourth-order valence-corrected chi connectivity index (χ4v) is 4.59. The van der Waals surface area contributed by atoms with Gasteiger partial charge in [0.05, 0.1) is 39.2 Å². The molecule has 0 saturated heterocycles. The van der Waals surface area contributed by atoms with E-state index in [1.807, 2.05) is 27.7 Å². The second-order valence-electron chi connectivity index (χ2n) is 20.9. The van der Waals surface area contributed by atoms with E-state index >= 15 is 0 Å². The maximum absolute atomic E-state index is 14.8. The largest absolute Gasteiger partial charge is 0.422 e. The summed E-state index contributed by atoms with van der Waals surface area (Å²) in [4.78, 5) is 81.1. The Balaban J connectivity index is 0.00000148. The number of ketones is 1. The van der Waals surface area contributed by atoms with Crippen molar-refractivity contribution in [3.63, 3.8) is 0 Å². The third-order valence-corrected chi connectivity index (χ3v) is 8.45. The molecule has 0 amide bonds. The van der Waals surface area contributed by atoms with Crippen LogP contribution in [0.2, 0.25) is 0 Å². The molecule has 360 valence electrons. The fraction of sp³-hybridized carbons (Fsp3) is 0.609. The molecule has 0 radical (unpaired) electrons. The van der Waals surface area contributed by atoms with Crippen LogP contribution in [0.15, 0.2) is 36.4 Å². The van der Waals surface area contributed by atoms with Crippen LogP contribution in [0.3, 0.4) is 0 Å². The summed E-state index contributed by atoms with van der Waals surface area (Å²) in [5.41, 5.74) is -3.43. The smallest absolute Gasteiger partial charge is 0.363 e. The van der Waals surface area contributed by atoms with Crippen molar-refractivity contribution < 1.29 is 81.3 Å². The van der Waals surface area contributed by atoms with Gasteiger partial charge in [-0.25, -0.2) is 4.79 Å². The summed E-state index contributed by atoms with van der Waals surface area (Å²) in [5.74, 6) is -3.33. The highest BCUT2D eigenvalue weighted by molar-refractivity contribution is 5.92. The lowest BCUT2D eigenvalue weighted by Gasteiger charge is -2.29. The van der Waals surface area contributed by atoms with E-state index in [2.05, 4.69) is 20.0 Å². The zero-order chi connectivity index (χ0) is 50.1. The molecule has 2 aromatic carbocycles. The number of rotatable bonds is 14. The second kappa shape index (κ2) is 22.1. The molecule has 0 saturated carbocycles. The number of ether oxygens (including phenoxy) is 4. The van der Waals surface area contributed by atoms with Crippen LogP contribution >= 0.6 is 0 Å². The molecule has 2 rings (SSSR count). The molecule has 0 fully saturated rings. The summed E-state index contributed by atoms with van der Waals surface area (Å²) in [7, 11) is -4.71. The number of nitrogens with one attached hydrogen (secondary N) is 2. The van der Waals surface area contributed by atoms with Crippen molar-refractivity contribution in [2.45, 2.75) is 156 Å². The molecule has 17 nitrogen and oxygen atoms in total.